The molecule has 1 atom stereocenters. The van der Waals surface area contributed by atoms with E-state index in [-0.39, 0.29) is 35.0 Å². The number of hydrogen-bond acceptors (Lipinski definition) is 6. The van der Waals surface area contributed by atoms with E-state index in [1.165, 1.54) is 7.11 Å². The van der Waals surface area contributed by atoms with Crippen molar-refractivity contribution >= 4 is 11.6 Å². The lowest BCUT2D eigenvalue weighted by Crippen LogP contribution is -2.21. The van der Waals surface area contributed by atoms with E-state index >= 15 is 0 Å². The Bertz CT molecular complexity index is 701. The standard InChI is InChI=1S/C15H14O6/c1-6-8-3-7(5-16)21-15(8)12-11(13(6)18)9(17)4-10(20-2)14(12)19/h4,7,16,18H,3,5H2,1-2H3. The Morgan fingerprint density at radius 2 is 2.10 bits per heavy atom. The second kappa shape index (κ2) is 4.60. The van der Waals surface area contributed by atoms with E-state index in [0.717, 1.165) is 6.08 Å². The Morgan fingerprint density at radius 1 is 1.38 bits per heavy atom. The number of aromatic hydroxyl groups is 1. The summed E-state index contributed by atoms with van der Waals surface area (Å²) in [5.41, 5.74) is 1.10. The predicted octanol–water partition coefficient (Wildman–Crippen LogP) is 0.906. The normalized spacial score (nSPS) is 19.8. The average molecular weight is 290 g/mol. The van der Waals surface area contributed by atoms with Crippen LogP contribution in [-0.4, -0.2) is 41.6 Å². The highest BCUT2D eigenvalue weighted by atomic mass is 16.5. The van der Waals surface area contributed by atoms with Crippen molar-refractivity contribution in [2.45, 2.75) is 19.4 Å². The molecule has 21 heavy (non-hydrogen) atoms. The predicted molar refractivity (Wildman–Crippen MR) is 71.8 cm³/mol. The highest BCUT2D eigenvalue weighted by Gasteiger charge is 2.39. The van der Waals surface area contributed by atoms with Crippen molar-refractivity contribution in [2.75, 3.05) is 13.7 Å². The zero-order chi connectivity index (χ0) is 15.3. The molecule has 0 bridgehead atoms. The Hall–Kier alpha value is -2.34. The number of methoxy groups -OCH3 is 1. The SMILES string of the molecule is COC1=CC(=O)c2c(O)c(C)c3c(c2C1=O)OC(CO)C3. The maximum atomic E-state index is 12.4. The molecule has 2 N–H and O–H groups in total. The van der Waals surface area contributed by atoms with Crippen LogP contribution < -0.4 is 4.74 Å². The van der Waals surface area contributed by atoms with Gasteiger partial charge in [-0.25, -0.2) is 0 Å². The molecule has 1 aromatic carbocycles. The van der Waals surface area contributed by atoms with Gasteiger partial charge in [0.1, 0.15) is 17.6 Å². The van der Waals surface area contributed by atoms with E-state index in [1.54, 1.807) is 6.92 Å². The molecule has 0 saturated heterocycles. The summed E-state index contributed by atoms with van der Waals surface area (Å²) in [6, 6.07) is 0. The summed E-state index contributed by atoms with van der Waals surface area (Å²) >= 11 is 0. The van der Waals surface area contributed by atoms with Crippen molar-refractivity contribution in [1.29, 1.82) is 0 Å². The number of carbonyl (C=O) groups excluding carboxylic acids is 2. The minimum atomic E-state index is -0.503. The first-order valence-corrected chi connectivity index (χ1v) is 6.50. The van der Waals surface area contributed by atoms with Crippen LogP contribution in [0.3, 0.4) is 0 Å². The van der Waals surface area contributed by atoms with Crippen molar-refractivity contribution in [1.82, 2.24) is 0 Å². The summed E-state index contributed by atoms with van der Waals surface area (Å²) in [7, 11) is 1.30. The Kier molecular flexibility index (Phi) is 2.98. The number of phenolic OH excluding ortho intramolecular Hbond substituents is 1. The third-order valence-corrected chi connectivity index (χ3v) is 3.90. The van der Waals surface area contributed by atoms with Crippen molar-refractivity contribution in [3.05, 3.63) is 34.1 Å². The number of allylic oxidation sites excluding steroid dienone is 2. The molecule has 1 unspecified atom stereocenters. The lowest BCUT2D eigenvalue weighted by Gasteiger charge is -2.20. The number of ketones is 2. The summed E-state index contributed by atoms with van der Waals surface area (Å²) in [6.45, 7) is 1.45. The second-order valence-electron chi connectivity index (χ2n) is 5.06. The minimum Gasteiger partial charge on any atom is -0.507 e. The van der Waals surface area contributed by atoms with Crippen molar-refractivity contribution in [2.24, 2.45) is 0 Å². The summed E-state index contributed by atoms with van der Waals surface area (Å²) in [6.07, 6.45) is 0.963. The van der Waals surface area contributed by atoms with Crippen LogP contribution in [0.1, 0.15) is 31.8 Å². The number of carbonyl (C=O) groups is 2. The fourth-order valence-corrected chi connectivity index (χ4v) is 2.79. The summed E-state index contributed by atoms with van der Waals surface area (Å²) < 4.78 is 10.5. The first kappa shape index (κ1) is 13.6. The van der Waals surface area contributed by atoms with Gasteiger partial charge in [-0.3, -0.25) is 9.59 Å². The fraction of sp³-hybridized carbons (Fsp3) is 0.333. The molecule has 0 spiro atoms. The van der Waals surface area contributed by atoms with Crippen LogP contribution in [0.15, 0.2) is 11.8 Å². The monoisotopic (exact) mass is 290 g/mol. The lowest BCUT2D eigenvalue weighted by molar-refractivity contribution is 0.0903. The number of hydrogen-bond donors (Lipinski definition) is 2. The van der Waals surface area contributed by atoms with Crippen LogP contribution in [0.4, 0.5) is 0 Å². The molecule has 3 rings (SSSR count). The maximum absolute atomic E-state index is 12.4. The van der Waals surface area contributed by atoms with Gasteiger partial charge in [-0.05, 0) is 12.5 Å². The van der Waals surface area contributed by atoms with Gasteiger partial charge in [0.2, 0.25) is 5.78 Å². The van der Waals surface area contributed by atoms with Gasteiger partial charge in [0.05, 0.1) is 24.8 Å². The Labute approximate surface area is 120 Å². The highest BCUT2D eigenvalue weighted by molar-refractivity contribution is 6.26. The molecule has 0 aromatic heterocycles. The first-order valence-electron chi connectivity index (χ1n) is 6.50. The Morgan fingerprint density at radius 3 is 2.71 bits per heavy atom. The second-order valence-corrected chi connectivity index (χ2v) is 5.06. The van der Waals surface area contributed by atoms with Gasteiger partial charge in [-0.15, -0.1) is 0 Å². The Balaban J connectivity index is 2.30. The van der Waals surface area contributed by atoms with Crippen molar-refractivity contribution in [3.8, 4) is 11.5 Å². The van der Waals surface area contributed by atoms with Crippen LogP contribution in [0.25, 0.3) is 0 Å². The molecule has 0 radical (unpaired) electrons. The van der Waals surface area contributed by atoms with Gasteiger partial charge in [-0.2, -0.15) is 0 Å². The number of rotatable bonds is 2. The molecule has 0 fully saturated rings. The number of Topliss-reactive ketones (excluding diaryl/α,β-unsaturated/α-hetero) is 1. The van der Waals surface area contributed by atoms with Gasteiger partial charge in [0.25, 0.3) is 0 Å². The largest absolute Gasteiger partial charge is 0.507 e. The maximum Gasteiger partial charge on any atom is 0.232 e. The van der Waals surface area contributed by atoms with Gasteiger partial charge in [0, 0.05) is 18.1 Å². The number of fused-ring (bicyclic) bond motifs is 3. The molecule has 1 aliphatic heterocycles. The summed E-state index contributed by atoms with van der Waals surface area (Å²) in [5, 5.41) is 19.5. The zero-order valence-corrected chi connectivity index (χ0v) is 11.6. The fourth-order valence-electron chi connectivity index (χ4n) is 2.79. The number of ether oxygens (including phenoxy) is 2. The molecular weight excluding hydrogens is 276 g/mol. The molecule has 0 saturated carbocycles. The van der Waals surface area contributed by atoms with Gasteiger partial charge < -0.3 is 19.7 Å². The summed E-state index contributed by atoms with van der Waals surface area (Å²) in [4.78, 5) is 24.6. The molecule has 2 aliphatic rings. The van der Waals surface area contributed by atoms with E-state index in [9.17, 15) is 19.8 Å². The molecular formula is C15H14O6. The quantitative estimate of drug-likeness (QED) is 0.841. The van der Waals surface area contributed by atoms with Gasteiger partial charge in [-0.1, -0.05) is 0 Å². The van der Waals surface area contributed by atoms with E-state index in [4.69, 9.17) is 9.47 Å². The minimum absolute atomic E-state index is 0.0217. The van der Waals surface area contributed by atoms with Crippen molar-refractivity contribution in [3.63, 3.8) is 0 Å². The van der Waals surface area contributed by atoms with Crippen LogP contribution in [0.5, 0.6) is 11.5 Å². The molecule has 1 aliphatic carbocycles. The third kappa shape index (κ3) is 1.76. The van der Waals surface area contributed by atoms with Crippen LogP contribution in [0.2, 0.25) is 0 Å². The molecule has 1 heterocycles. The van der Waals surface area contributed by atoms with E-state index in [0.29, 0.717) is 17.5 Å². The molecule has 110 valence electrons. The molecule has 6 heteroatoms. The molecule has 0 amide bonds. The van der Waals surface area contributed by atoms with Gasteiger partial charge in [0.15, 0.2) is 11.5 Å². The lowest BCUT2D eigenvalue weighted by atomic mass is 9.87. The smallest absolute Gasteiger partial charge is 0.232 e. The molecule has 6 nitrogen and oxygen atoms in total. The van der Waals surface area contributed by atoms with E-state index in [2.05, 4.69) is 0 Å². The average Bonchev–Trinajstić information content (AvgIpc) is 2.90. The van der Waals surface area contributed by atoms with Crippen LogP contribution in [-0.2, 0) is 11.2 Å². The molecule has 1 aromatic rings. The number of benzene rings is 1. The van der Waals surface area contributed by atoms with Crippen LogP contribution >= 0.6 is 0 Å². The van der Waals surface area contributed by atoms with E-state index < -0.39 is 17.7 Å². The van der Waals surface area contributed by atoms with Gasteiger partial charge >= 0.3 is 0 Å². The summed E-state index contributed by atoms with van der Waals surface area (Å²) in [5.74, 6) is -1.04. The van der Waals surface area contributed by atoms with Crippen molar-refractivity contribution < 1.29 is 29.3 Å². The number of aliphatic hydroxyl groups excluding tert-OH is 1. The van der Waals surface area contributed by atoms with Crippen LogP contribution in [0, 0.1) is 6.92 Å². The highest BCUT2D eigenvalue weighted by Crippen LogP contribution is 2.45. The topological polar surface area (TPSA) is 93.1 Å². The first-order chi connectivity index (χ1) is 9.99. The number of aliphatic hydroxyl groups is 1. The number of phenols is 1. The van der Waals surface area contributed by atoms with E-state index in [1.807, 2.05) is 0 Å². The third-order valence-electron chi connectivity index (χ3n) is 3.90. The zero-order valence-electron chi connectivity index (χ0n) is 11.6.